The minimum absolute atomic E-state index is 0.0574. The van der Waals surface area contributed by atoms with Gasteiger partial charge in [-0.3, -0.25) is 9.69 Å². The molecule has 1 aliphatic rings. The van der Waals surface area contributed by atoms with Crippen LogP contribution in [0.1, 0.15) is 19.4 Å². The highest BCUT2D eigenvalue weighted by Gasteiger charge is 2.44. The fourth-order valence-electron chi connectivity index (χ4n) is 2.98. The number of hydrogen-bond acceptors (Lipinski definition) is 2. The number of rotatable bonds is 4. The molecule has 2 aromatic rings. The van der Waals surface area contributed by atoms with Gasteiger partial charge in [0.1, 0.15) is 6.04 Å². The summed E-state index contributed by atoms with van der Waals surface area (Å²) in [5.41, 5.74) is 2.11. The molecule has 1 saturated heterocycles. The van der Waals surface area contributed by atoms with Crippen molar-refractivity contribution in [2.45, 2.75) is 32.4 Å². The second-order valence-corrected chi connectivity index (χ2v) is 6.36. The standard InChI is InChI=1S/C19H20N2OS/c1-14(2)20-18(22)17(13-15-9-5-3-6-10-15)21(19(20)23)16-11-7-4-8-12-16/h3-12,14,17H,13H2,1-2H3/t17-/m0/s1. The number of carbonyl (C=O) groups is 1. The van der Waals surface area contributed by atoms with E-state index in [-0.39, 0.29) is 18.0 Å². The van der Waals surface area contributed by atoms with Gasteiger partial charge in [-0.25, -0.2) is 0 Å². The molecule has 1 heterocycles. The van der Waals surface area contributed by atoms with E-state index in [1.807, 2.05) is 67.3 Å². The normalized spacial score (nSPS) is 18.1. The molecule has 0 spiro atoms. The molecule has 0 radical (unpaired) electrons. The van der Waals surface area contributed by atoms with E-state index >= 15 is 0 Å². The smallest absolute Gasteiger partial charge is 0.252 e. The molecule has 1 aliphatic heterocycles. The fraction of sp³-hybridized carbons (Fsp3) is 0.263. The third kappa shape index (κ3) is 2.99. The first kappa shape index (κ1) is 15.7. The summed E-state index contributed by atoms with van der Waals surface area (Å²) >= 11 is 5.62. The molecule has 1 amide bonds. The lowest BCUT2D eigenvalue weighted by Crippen LogP contribution is -2.37. The van der Waals surface area contributed by atoms with Gasteiger partial charge in [-0.05, 0) is 43.8 Å². The summed E-state index contributed by atoms with van der Waals surface area (Å²) in [6.07, 6.45) is 0.651. The second kappa shape index (κ2) is 6.50. The predicted molar refractivity (Wildman–Crippen MR) is 97.4 cm³/mol. The Bertz CT molecular complexity index is 700. The molecule has 0 unspecified atom stereocenters. The molecule has 0 N–H and O–H groups in total. The molecule has 3 nitrogen and oxygen atoms in total. The van der Waals surface area contributed by atoms with Crippen molar-refractivity contribution in [2.24, 2.45) is 0 Å². The van der Waals surface area contributed by atoms with Crippen molar-refractivity contribution in [2.75, 3.05) is 4.90 Å². The van der Waals surface area contributed by atoms with Gasteiger partial charge >= 0.3 is 0 Å². The van der Waals surface area contributed by atoms with Crippen LogP contribution in [-0.2, 0) is 11.2 Å². The van der Waals surface area contributed by atoms with E-state index in [0.717, 1.165) is 11.3 Å². The van der Waals surface area contributed by atoms with Gasteiger partial charge in [0.25, 0.3) is 5.91 Å². The number of amides is 1. The monoisotopic (exact) mass is 324 g/mol. The highest BCUT2D eigenvalue weighted by molar-refractivity contribution is 7.80. The van der Waals surface area contributed by atoms with E-state index in [2.05, 4.69) is 12.1 Å². The zero-order valence-electron chi connectivity index (χ0n) is 13.3. The first-order chi connectivity index (χ1) is 11.1. The molecular weight excluding hydrogens is 304 g/mol. The van der Waals surface area contributed by atoms with Crippen LogP contribution >= 0.6 is 12.2 Å². The van der Waals surface area contributed by atoms with E-state index in [4.69, 9.17) is 12.2 Å². The minimum Gasteiger partial charge on any atom is -0.306 e. The van der Waals surface area contributed by atoms with Crippen LogP contribution in [0.15, 0.2) is 60.7 Å². The van der Waals surface area contributed by atoms with Crippen molar-refractivity contribution in [3.05, 3.63) is 66.2 Å². The quantitative estimate of drug-likeness (QED) is 0.802. The summed E-state index contributed by atoms with van der Waals surface area (Å²) in [5, 5.41) is 0.595. The first-order valence-corrected chi connectivity index (χ1v) is 8.25. The van der Waals surface area contributed by atoms with Gasteiger partial charge < -0.3 is 4.90 Å². The molecule has 0 saturated carbocycles. The van der Waals surface area contributed by atoms with Crippen molar-refractivity contribution >= 4 is 28.9 Å². The average molecular weight is 324 g/mol. The molecule has 4 heteroatoms. The number of anilines is 1. The third-order valence-electron chi connectivity index (χ3n) is 4.07. The molecule has 0 aromatic heterocycles. The van der Waals surface area contributed by atoms with Crippen LogP contribution in [0.5, 0.6) is 0 Å². The number of nitrogens with zero attached hydrogens (tertiary/aromatic N) is 2. The summed E-state index contributed by atoms with van der Waals surface area (Å²) in [6, 6.07) is 19.8. The Morgan fingerprint density at radius 2 is 1.57 bits per heavy atom. The number of thiocarbonyl (C=S) groups is 1. The maximum absolute atomic E-state index is 12.9. The van der Waals surface area contributed by atoms with Crippen molar-refractivity contribution in [3.8, 4) is 0 Å². The number of carbonyl (C=O) groups excluding carboxylic acids is 1. The Labute approximate surface area is 142 Å². The van der Waals surface area contributed by atoms with Crippen molar-refractivity contribution < 1.29 is 4.79 Å². The largest absolute Gasteiger partial charge is 0.306 e. The van der Waals surface area contributed by atoms with Gasteiger partial charge in [0, 0.05) is 18.2 Å². The maximum atomic E-state index is 12.9. The van der Waals surface area contributed by atoms with Crippen molar-refractivity contribution in [1.29, 1.82) is 0 Å². The third-order valence-corrected chi connectivity index (χ3v) is 4.46. The SMILES string of the molecule is CC(C)N1C(=O)[C@H](Cc2ccccc2)N(c2ccccc2)C1=S. The van der Waals surface area contributed by atoms with Crippen molar-refractivity contribution in [3.63, 3.8) is 0 Å². The van der Waals surface area contributed by atoms with E-state index in [0.29, 0.717) is 11.5 Å². The first-order valence-electron chi connectivity index (χ1n) is 7.85. The van der Waals surface area contributed by atoms with E-state index in [9.17, 15) is 4.79 Å². The van der Waals surface area contributed by atoms with Gasteiger partial charge in [0.2, 0.25) is 0 Å². The van der Waals surface area contributed by atoms with Crippen LogP contribution in [0.4, 0.5) is 5.69 Å². The van der Waals surface area contributed by atoms with Gasteiger partial charge in [-0.1, -0.05) is 48.5 Å². The molecular formula is C19H20N2OS. The summed E-state index contributed by atoms with van der Waals surface area (Å²) in [7, 11) is 0. The zero-order valence-corrected chi connectivity index (χ0v) is 14.2. The predicted octanol–water partition coefficient (Wildman–Crippen LogP) is 3.64. The van der Waals surface area contributed by atoms with E-state index < -0.39 is 0 Å². The van der Waals surface area contributed by atoms with Gasteiger partial charge in [0.15, 0.2) is 5.11 Å². The number of para-hydroxylation sites is 1. The van der Waals surface area contributed by atoms with E-state index in [1.165, 1.54) is 0 Å². The summed E-state index contributed by atoms with van der Waals surface area (Å²) in [4.78, 5) is 16.7. The number of benzene rings is 2. The topological polar surface area (TPSA) is 23.6 Å². The lowest BCUT2D eigenvalue weighted by molar-refractivity contribution is -0.127. The van der Waals surface area contributed by atoms with E-state index in [1.54, 1.807) is 4.90 Å². The van der Waals surface area contributed by atoms with Gasteiger partial charge in [0.05, 0.1) is 0 Å². The highest BCUT2D eigenvalue weighted by atomic mass is 32.1. The molecule has 1 atom stereocenters. The van der Waals surface area contributed by atoms with Crippen LogP contribution in [0.2, 0.25) is 0 Å². The summed E-state index contributed by atoms with van der Waals surface area (Å²) in [6.45, 7) is 4.00. The van der Waals surface area contributed by atoms with Crippen LogP contribution in [0.3, 0.4) is 0 Å². The van der Waals surface area contributed by atoms with Crippen LogP contribution in [-0.4, -0.2) is 28.0 Å². The molecule has 0 aliphatic carbocycles. The molecule has 118 valence electrons. The second-order valence-electron chi connectivity index (χ2n) is 6.00. The highest BCUT2D eigenvalue weighted by Crippen LogP contribution is 2.29. The molecule has 2 aromatic carbocycles. The Morgan fingerprint density at radius 1 is 1.00 bits per heavy atom. The Morgan fingerprint density at radius 3 is 2.13 bits per heavy atom. The van der Waals surface area contributed by atoms with Crippen LogP contribution in [0.25, 0.3) is 0 Å². The van der Waals surface area contributed by atoms with Gasteiger partial charge in [-0.2, -0.15) is 0 Å². The maximum Gasteiger partial charge on any atom is 0.252 e. The zero-order chi connectivity index (χ0) is 16.4. The molecule has 3 rings (SSSR count). The Hall–Kier alpha value is -2.20. The Kier molecular flexibility index (Phi) is 4.44. The minimum atomic E-state index is -0.283. The average Bonchev–Trinajstić information content (AvgIpc) is 2.80. The lowest BCUT2D eigenvalue weighted by Gasteiger charge is -2.25. The van der Waals surface area contributed by atoms with Crippen molar-refractivity contribution in [1.82, 2.24) is 4.90 Å². The number of hydrogen-bond donors (Lipinski definition) is 0. The Balaban J connectivity index is 1.99. The summed E-state index contributed by atoms with van der Waals surface area (Å²) in [5.74, 6) is 0.0812. The lowest BCUT2D eigenvalue weighted by atomic mass is 10.0. The van der Waals surface area contributed by atoms with Gasteiger partial charge in [-0.15, -0.1) is 0 Å². The molecule has 23 heavy (non-hydrogen) atoms. The molecule has 1 fully saturated rings. The molecule has 0 bridgehead atoms. The fourth-order valence-corrected chi connectivity index (χ4v) is 3.52. The van der Waals surface area contributed by atoms with Crippen LogP contribution in [0, 0.1) is 0 Å². The summed E-state index contributed by atoms with van der Waals surface area (Å²) < 4.78 is 0. The van der Waals surface area contributed by atoms with Crippen LogP contribution < -0.4 is 4.90 Å².